The van der Waals surface area contributed by atoms with Crippen LogP contribution in [0.2, 0.25) is 0 Å². The maximum absolute atomic E-state index is 12.8. The van der Waals surface area contributed by atoms with Gasteiger partial charge in [0.2, 0.25) is 5.91 Å². The first kappa shape index (κ1) is 16.2. The predicted molar refractivity (Wildman–Crippen MR) is 90.7 cm³/mol. The van der Waals surface area contributed by atoms with Crippen molar-refractivity contribution in [1.82, 2.24) is 5.32 Å². The standard InChI is InChI=1S/C20H27NO2/c1-13(2)18(14-7-4-3-5-8-14)21-20(23)17-11-15-9-6-10-16(12-17)19(15)22/h3-5,7-8,13,15-18H,6,9-12H2,1-2H3,(H,21,23). The molecule has 2 aliphatic rings. The van der Waals surface area contributed by atoms with Gasteiger partial charge in [-0.05, 0) is 37.2 Å². The third kappa shape index (κ3) is 3.49. The quantitative estimate of drug-likeness (QED) is 0.916. The molecule has 2 saturated carbocycles. The van der Waals surface area contributed by atoms with Crippen LogP contribution in [0.5, 0.6) is 0 Å². The molecule has 1 aromatic carbocycles. The van der Waals surface area contributed by atoms with Crippen molar-refractivity contribution >= 4 is 11.7 Å². The summed E-state index contributed by atoms with van der Waals surface area (Å²) >= 11 is 0. The molecule has 0 heterocycles. The highest BCUT2D eigenvalue weighted by Crippen LogP contribution is 2.40. The van der Waals surface area contributed by atoms with E-state index in [2.05, 4.69) is 31.3 Å². The zero-order valence-electron chi connectivity index (χ0n) is 14.1. The van der Waals surface area contributed by atoms with Crippen LogP contribution in [0, 0.1) is 23.7 Å². The Balaban J connectivity index is 1.69. The van der Waals surface area contributed by atoms with Gasteiger partial charge in [-0.2, -0.15) is 0 Å². The lowest BCUT2D eigenvalue weighted by Gasteiger charge is -2.37. The third-order valence-corrected chi connectivity index (χ3v) is 5.54. The largest absolute Gasteiger partial charge is 0.349 e. The van der Waals surface area contributed by atoms with Crippen LogP contribution in [-0.4, -0.2) is 11.7 Å². The zero-order chi connectivity index (χ0) is 16.4. The molecule has 0 aromatic heterocycles. The lowest BCUT2D eigenvalue weighted by Crippen LogP contribution is -2.44. The van der Waals surface area contributed by atoms with E-state index in [1.165, 1.54) is 0 Å². The summed E-state index contributed by atoms with van der Waals surface area (Å²) in [5, 5.41) is 3.26. The maximum atomic E-state index is 12.8. The molecule has 2 bridgehead atoms. The van der Waals surface area contributed by atoms with Crippen LogP contribution in [-0.2, 0) is 9.59 Å². The van der Waals surface area contributed by atoms with Gasteiger partial charge in [0.25, 0.3) is 0 Å². The number of amides is 1. The van der Waals surface area contributed by atoms with E-state index in [-0.39, 0.29) is 29.7 Å². The number of hydrogen-bond donors (Lipinski definition) is 1. The van der Waals surface area contributed by atoms with Gasteiger partial charge in [0.05, 0.1) is 6.04 Å². The molecule has 1 aromatic rings. The first-order valence-corrected chi connectivity index (χ1v) is 8.95. The topological polar surface area (TPSA) is 46.2 Å². The van der Waals surface area contributed by atoms with Crippen molar-refractivity contribution in [3.05, 3.63) is 35.9 Å². The molecule has 0 aliphatic heterocycles. The maximum Gasteiger partial charge on any atom is 0.223 e. The van der Waals surface area contributed by atoms with E-state index in [1.54, 1.807) is 0 Å². The lowest BCUT2D eigenvalue weighted by atomic mass is 9.67. The van der Waals surface area contributed by atoms with Gasteiger partial charge < -0.3 is 5.32 Å². The molecule has 23 heavy (non-hydrogen) atoms. The summed E-state index contributed by atoms with van der Waals surface area (Å²) in [5.41, 5.74) is 1.16. The Morgan fingerprint density at radius 3 is 2.26 bits per heavy atom. The first-order valence-electron chi connectivity index (χ1n) is 8.95. The number of nitrogens with one attached hydrogen (secondary N) is 1. The minimum Gasteiger partial charge on any atom is -0.349 e. The number of rotatable bonds is 4. The Kier molecular flexibility index (Phi) is 4.84. The van der Waals surface area contributed by atoms with Crippen LogP contribution in [0.25, 0.3) is 0 Å². The van der Waals surface area contributed by atoms with Gasteiger partial charge in [0.15, 0.2) is 0 Å². The molecule has 3 rings (SSSR count). The molecule has 124 valence electrons. The minimum atomic E-state index is 0.00737. The molecule has 0 saturated heterocycles. The van der Waals surface area contributed by atoms with E-state index >= 15 is 0 Å². The van der Waals surface area contributed by atoms with E-state index in [0.717, 1.165) is 37.7 Å². The summed E-state index contributed by atoms with van der Waals surface area (Å²) in [4.78, 5) is 25.0. The normalized spacial score (nSPS) is 28.5. The van der Waals surface area contributed by atoms with E-state index in [4.69, 9.17) is 0 Å². The van der Waals surface area contributed by atoms with Gasteiger partial charge in [-0.25, -0.2) is 0 Å². The van der Waals surface area contributed by atoms with Crippen LogP contribution in [0.4, 0.5) is 0 Å². The molecule has 3 unspecified atom stereocenters. The second-order valence-electron chi connectivity index (χ2n) is 7.54. The summed E-state index contributed by atoms with van der Waals surface area (Å²) in [5.74, 6) is 1.17. The lowest BCUT2D eigenvalue weighted by molar-refractivity contribution is -0.138. The second-order valence-corrected chi connectivity index (χ2v) is 7.54. The molecule has 2 fully saturated rings. The molecule has 3 nitrogen and oxygen atoms in total. The molecular weight excluding hydrogens is 286 g/mol. The summed E-state index contributed by atoms with van der Waals surface area (Å²) in [7, 11) is 0. The molecule has 1 amide bonds. The van der Waals surface area contributed by atoms with Gasteiger partial charge in [-0.3, -0.25) is 9.59 Å². The molecule has 1 N–H and O–H groups in total. The number of ketones is 1. The fraction of sp³-hybridized carbons (Fsp3) is 0.600. The minimum absolute atomic E-state index is 0.00737. The van der Waals surface area contributed by atoms with Crippen molar-refractivity contribution in [2.75, 3.05) is 0 Å². The zero-order valence-corrected chi connectivity index (χ0v) is 14.1. The number of carbonyl (C=O) groups excluding carboxylic acids is 2. The van der Waals surface area contributed by atoms with Crippen LogP contribution in [0.1, 0.15) is 57.6 Å². The highest BCUT2D eigenvalue weighted by atomic mass is 16.2. The fourth-order valence-electron chi connectivity index (χ4n) is 4.26. The summed E-state index contributed by atoms with van der Waals surface area (Å²) in [6, 6.07) is 10.2. The van der Waals surface area contributed by atoms with Crippen molar-refractivity contribution in [2.24, 2.45) is 23.7 Å². The van der Waals surface area contributed by atoms with Crippen molar-refractivity contribution in [1.29, 1.82) is 0 Å². The second kappa shape index (κ2) is 6.86. The highest BCUT2D eigenvalue weighted by molar-refractivity contribution is 5.88. The summed E-state index contributed by atoms with van der Waals surface area (Å²) < 4.78 is 0. The highest BCUT2D eigenvalue weighted by Gasteiger charge is 2.41. The van der Waals surface area contributed by atoms with Gasteiger partial charge >= 0.3 is 0 Å². The van der Waals surface area contributed by atoms with Gasteiger partial charge in [0, 0.05) is 17.8 Å². The van der Waals surface area contributed by atoms with Crippen LogP contribution < -0.4 is 5.32 Å². The number of benzene rings is 1. The average Bonchev–Trinajstić information content (AvgIpc) is 2.52. The first-order chi connectivity index (χ1) is 11.1. The van der Waals surface area contributed by atoms with Crippen LogP contribution in [0.3, 0.4) is 0 Å². The Labute approximate surface area is 138 Å². The number of carbonyl (C=O) groups is 2. The Morgan fingerprint density at radius 1 is 1.09 bits per heavy atom. The average molecular weight is 313 g/mol. The van der Waals surface area contributed by atoms with E-state index in [1.807, 2.05) is 18.2 Å². The number of Topliss-reactive ketones (excluding diaryl/α,β-unsaturated/α-hetero) is 1. The van der Waals surface area contributed by atoms with E-state index in [0.29, 0.717) is 11.7 Å². The van der Waals surface area contributed by atoms with E-state index in [9.17, 15) is 9.59 Å². The van der Waals surface area contributed by atoms with E-state index < -0.39 is 0 Å². The predicted octanol–water partition coefficient (Wildman–Crippen LogP) is 3.90. The molecule has 2 aliphatic carbocycles. The molecule has 3 atom stereocenters. The SMILES string of the molecule is CC(C)C(NC(=O)C1CC2CCCC(C1)C2=O)c1ccccc1. The number of fused-ring (bicyclic) bond motifs is 2. The van der Waals surface area contributed by atoms with Gasteiger partial charge in [0.1, 0.15) is 5.78 Å². The van der Waals surface area contributed by atoms with Crippen LogP contribution >= 0.6 is 0 Å². The Hall–Kier alpha value is -1.64. The van der Waals surface area contributed by atoms with Crippen molar-refractivity contribution in [3.8, 4) is 0 Å². The molecule has 3 heteroatoms. The molecule has 0 spiro atoms. The number of hydrogen-bond acceptors (Lipinski definition) is 2. The van der Waals surface area contributed by atoms with Gasteiger partial charge in [-0.1, -0.05) is 50.6 Å². The molecule has 0 radical (unpaired) electrons. The Bertz CT molecular complexity index is 550. The van der Waals surface area contributed by atoms with Crippen molar-refractivity contribution < 1.29 is 9.59 Å². The summed E-state index contributed by atoms with van der Waals surface area (Å²) in [6.07, 6.45) is 4.60. The smallest absolute Gasteiger partial charge is 0.223 e. The molecular formula is C20H27NO2. The van der Waals surface area contributed by atoms with Gasteiger partial charge in [-0.15, -0.1) is 0 Å². The van der Waals surface area contributed by atoms with Crippen molar-refractivity contribution in [3.63, 3.8) is 0 Å². The fourth-order valence-corrected chi connectivity index (χ4v) is 4.26. The monoisotopic (exact) mass is 313 g/mol. The third-order valence-electron chi connectivity index (χ3n) is 5.54. The summed E-state index contributed by atoms with van der Waals surface area (Å²) in [6.45, 7) is 4.27. The van der Waals surface area contributed by atoms with Crippen molar-refractivity contribution in [2.45, 2.75) is 52.0 Å². The van der Waals surface area contributed by atoms with Crippen LogP contribution in [0.15, 0.2) is 30.3 Å². The Morgan fingerprint density at radius 2 is 1.70 bits per heavy atom.